The van der Waals surface area contributed by atoms with Gasteiger partial charge in [-0.15, -0.1) is 0 Å². The number of nitrogens with two attached hydrogens (primary N) is 1. The minimum Gasteiger partial charge on any atom is -0.399 e. The van der Waals surface area contributed by atoms with Crippen LogP contribution < -0.4 is 5.73 Å². The molecule has 0 bridgehead atoms. The number of hydrogen-bond acceptors (Lipinski definition) is 2. The Bertz CT molecular complexity index is 489. The second kappa shape index (κ2) is 6.47. The molecule has 0 heterocycles. The van der Waals surface area contributed by atoms with Gasteiger partial charge in [-0.2, -0.15) is 13.2 Å². The number of anilines is 1. The van der Waals surface area contributed by atoms with Crippen molar-refractivity contribution in [3.63, 3.8) is 0 Å². The minimum absolute atomic E-state index is 0.0274. The highest BCUT2D eigenvalue weighted by Crippen LogP contribution is 2.24. The molecule has 0 spiro atoms. The van der Waals surface area contributed by atoms with Crippen LogP contribution in [0.4, 0.5) is 18.9 Å². The van der Waals surface area contributed by atoms with E-state index in [0.717, 1.165) is 4.90 Å². The highest BCUT2D eigenvalue weighted by atomic mass is 79.9. The SMILES string of the molecule is CC(C)CN(CC(F)(F)F)C(=O)c1cc(N)ccc1Br. The van der Waals surface area contributed by atoms with Gasteiger partial charge in [0.1, 0.15) is 6.54 Å². The maximum Gasteiger partial charge on any atom is 0.406 e. The Morgan fingerprint density at radius 1 is 1.40 bits per heavy atom. The first kappa shape index (κ1) is 16.8. The Morgan fingerprint density at radius 3 is 2.50 bits per heavy atom. The summed E-state index contributed by atoms with van der Waals surface area (Å²) in [6.45, 7) is 2.26. The van der Waals surface area contributed by atoms with Crippen LogP contribution in [-0.4, -0.2) is 30.1 Å². The van der Waals surface area contributed by atoms with Crippen LogP contribution in [0.15, 0.2) is 22.7 Å². The van der Waals surface area contributed by atoms with E-state index in [1.807, 2.05) is 0 Å². The average molecular weight is 353 g/mol. The lowest BCUT2D eigenvalue weighted by Crippen LogP contribution is -2.41. The van der Waals surface area contributed by atoms with E-state index in [0.29, 0.717) is 10.2 Å². The molecule has 7 heteroatoms. The molecule has 20 heavy (non-hydrogen) atoms. The van der Waals surface area contributed by atoms with Crippen molar-refractivity contribution in [1.29, 1.82) is 0 Å². The number of nitrogens with zero attached hydrogens (tertiary/aromatic N) is 1. The summed E-state index contributed by atoms with van der Waals surface area (Å²) >= 11 is 3.16. The summed E-state index contributed by atoms with van der Waals surface area (Å²) in [6, 6.07) is 4.48. The van der Waals surface area contributed by atoms with Gasteiger partial charge < -0.3 is 10.6 Å². The predicted octanol–water partition coefficient (Wildman–Crippen LogP) is 3.69. The zero-order valence-electron chi connectivity index (χ0n) is 11.2. The molecule has 1 rings (SSSR count). The molecule has 0 aromatic heterocycles. The molecule has 0 radical (unpaired) electrons. The van der Waals surface area contributed by atoms with E-state index >= 15 is 0 Å². The first-order valence-electron chi connectivity index (χ1n) is 6.01. The summed E-state index contributed by atoms with van der Waals surface area (Å²) < 4.78 is 38.2. The minimum atomic E-state index is -4.43. The van der Waals surface area contributed by atoms with Crippen LogP contribution in [0.25, 0.3) is 0 Å². The molecular formula is C13H16BrF3N2O. The lowest BCUT2D eigenvalue weighted by Gasteiger charge is -2.26. The molecule has 3 nitrogen and oxygen atoms in total. The molecule has 0 saturated heterocycles. The lowest BCUT2D eigenvalue weighted by molar-refractivity contribution is -0.141. The molecule has 0 aliphatic rings. The van der Waals surface area contributed by atoms with Gasteiger partial charge in [0.2, 0.25) is 0 Å². The van der Waals surface area contributed by atoms with Gasteiger partial charge in [-0.3, -0.25) is 4.79 Å². The van der Waals surface area contributed by atoms with Crippen molar-refractivity contribution in [1.82, 2.24) is 4.90 Å². The summed E-state index contributed by atoms with van der Waals surface area (Å²) in [6.07, 6.45) is -4.43. The number of halogens is 4. The number of hydrogen-bond donors (Lipinski definition) is 1. The van der Waals surface area contributed by atoms with Crippen LogP contribution in [0, 0.1) is 5.92 Å². The van der Waals surface area contributed by atoms with E-state index in [1.54, 1.807) is 26.0 Å². The molecule has 1 aromatic rings. The van der Waals surface area contributed by atoms with Gasteiger partial charge in [0.25, 0.3) is 5.91 Å². The number of amides is 1. The molecule has 0 atom stereocenters. The van der Waals surface area contributed by atoms with Gasteiger partial charge in [-0.1, -0.05) is 13.8 Å². The zero-order valence-corrected chi connectivity index (χ0v) is 12.8. The predicted molar refractivity (Wildman–Crippen MR) is 75.4 cm³/mol. The topological polar surface area (TPSA) is 46.3 Å². The Labute approximate surface area is 124 Å². The molecule has 0 saturated carbocycles. The quantitative estimate of drug-likeness (QED) is 0.840. The van der Waals surface area contributed by atoms with Crippen LogP contribution in [0.2, 0.25) is 0 Å². The van der Waals surface area contributed by atoms with Crippen LogP contribution in [-0.2, 0) is 0 Å². The van der Waals surface area contributed by atoms with Gasteiger partial charge in [0.05, 0.1) is 5.56 Å². The largest absolute Gasteiger partial charge is 0.406 e. The zero-order chi connectivity index (χ0) is 15.5. The van der Waals surface area contributed by atoms with Crippen molar-refractivity contribution in [3.8, 4) is 0 Å². The standard InChI is InChI=1S/C13H16BrF3N2O/c1-8(2)6-19(7-13(15,16)17)12(20)10-5-9(18)3-4-11(10)14/h3-5,8H,6-7,18H2,1-2H3. The van der Waals surface area contributed by atoms with Gasteiger partial charge in [-0.05, 0) is 40.0 Å². The third-order valence-electron chi connectivity index (χ3n) is 2.46. The maximum atomic E-state index is 12.6. The first-order valence-corrected chi connectivity index (χ1v) is 6.80. The fraction of sp³-hybridized carbons (Fsp3) is 0.462. The van der Waals surface area contributed by atoms with Crippen LogP contribution >= 0.6 is 15.9 Å². The van der Waals surface area contributed by atoms with Crippen molar-refractivity contribution in [2.45, 2.75) is 20.0 Å². The molecule has 0 unspecified atom stereocenters. The normalized spacial score (nSPS) is 11.8. The van der Waals surface area contributed by atoms with Crippen LogP contribution in [0.5, 0.6) is 0 Å². The molecule has 0 aliphatic heterocycles. The second-order valence-electron chi connectivity index (χ2n) is 4.93. The molecule has 2 N–H and O–H groups in total. The highest BCUT2D eigenvalue weighted by Gasteiger charge is 2.34. The van der Waals surface area contributed by atoms with Crippen molar-refractivity contribution in [2.24, 2.45) is 5.92 Å². The molecular weight excluding hydrogens is 337 g/mol. The van der Waals surface area contributed by atoms with Gasteiger partial charge in [0.15, 0.2) is 0 Å². The van der Waals surface area contributed by atoms with Crippen molar-refractivity contribution < 1.29 is 18.0 Å². The number of benzene rings is 1. The van der Waals surface area contributed by atoms with E-state index < -0.39 is 18.6 Å². The van der Waals surface area contributed by atoms with Crippen molar-refractivity contribution in [2.75, 3.05) is 18.8 Å². The average Bonchev–Trinajstić information content (AvgIpc) is 2.28. The third-order valence-corrected chi connectivity index (χ3v) is 3.16. The molecule has 0 fully saturated rings. The maximum absolute atomic E-state index is 12.6. The Kier molecular flexibility index (Phi) is 5.44. The van der Waals surface area contributed by atoms with Crippen LogP contribution in [0.3, 0.4) is 0 Å². The summed E-state index contributed by atoms with van der Waals surface area (Å²) in [4.78, 5) is 13.1. The number of rotatable bonds is 4. The molecule has 0 aliphatic carbocycles. The monoisotopic (exact) mass is 352 g/mol. The van der Waals surface area contributed by atoms with Crippen molar-refractivity contribution >= 4 is 27.5 Å². The second-order valence-corrected chi connectivity index (χ2v) is 5.79. The van der Waals surface area contributed by atoms with E-state index in [4.69, 9.17) is 5.73 Å². The van der Waals surface area contributed by atoms with E-state index in [9.17, 15) is 18.0 Å². The number of alkyl halides is 3. The fourth-order valence-electron chi connectivity index (χ4n) is 1.75. The number of carbonyl (C=O) groups is 1. The summed E-state index contributed by atoms with van der Waals surface area (Å²) in [5.41, 5.74) is 6.04. The van der Waals surface area contributed by atoms with E-state index in [2.05, 4.69) is 15.9 Å². The molecule has 1 amide bonds. The van der Waals surface area contributed by atoms with Crippen molar-refractivity contribution in [3.05, 3.63) is 28.2 Å². The fourth-order valence-corrected chi connectivity index (χ4v) is 2.17. The van der Waals surface area contributed by atoms with E-state index in [1.165, 1.54) is 6.07 Å². The van der Waals surface area contributed by atoms with Gasteiger partial charge >= 0.3 is 6.18 Å². The Balaban J connectivity index is 3.06. The summed E-state index contributed by atoms with van der Waals surface area (Å²) in [5, 5.41) is 0. The van der Waals surface area contributed by atoms with Crippen LogP contribution in [0.1, 0.15) is 24.2 Å². The molecule has 1 aromatic carbocycles. The Morgan fingerprint density at radius 2 is 2.00 bits per heavy atom. The number of nitrogen functional groups attached to an aromatic ring is 1. The van der Waals surface area contributed by atoms with E-state index in [-0.39, 0.29) is 18.0 Å². The Hall–Kier alpha value is -1.24. The molecule has 112 valence electrons. The van der Waals surface area contributed by atoms with Gasteiger partial charge in [0, 0.05) is 16.7 Å². The summed E-state index contributed by atoms with van der Waals surface area (Å²) in [7, 11) is 0. The number of carbonyl (C=O) groups excluding carboxylic acids is 1. The summed E-state index contributed by atoms with van der Waals surface area (Å²) in [5.74, 6) is -0.753. The first-order chi connectivity index (χ1) is 9.10. The third kappa shape index (κ3) is 5.03. The smallest absolute Gasteiger partial charge is 0.399 e. The highest BCUT2D eigenvalue weighted by molar-refractivity contribution is 9.10. The van der Waals surface area contributed by atoms with Gasteiger partial charge in [-0.25, -0.2) is 0 Å². The lowest BCUT2D eigenvalue weighted by atomic mass is 10.1.